The summed E-state index contributed by atoms with van der Waals surface area (Å²) in [5.74, 6) is -1.01. The molecule has 0 aromatic heterocycles. The second kappa shape index (κ2) is 49.2. The second-order valence-electron chi connectivity index (χ2n) is 16.3. The molecule has 1 atom stereocenters. The van der Waals surface area contributed by atoms with Crippen LogP contribution in [-0.2, 0) is 28.6 Å². The van der Waals surface area contributed by atoms with Crippen molar-refractivity contribution in [2.24, 2.45) is 0 Å². The molecular weight excluding hydrogens is 757 g/mol. The van der Waals surface area contributed by atoms with Gasteiger partial charge in [0.05, 0.1) is 0 Å². The predicted molar refractivity (Wildman–Crippen MR) is 261 cm³/mol. The second-order valence-corrected chi connectivity index (χ2v) is 16.3. The number of esters is 3. The van der Waals surface area contributed by atoms with Crippen molar-refractivity contribution < 1.29 is 28.6 Å². The summed E-state index contributed by atoms with van der Waals surface area (Å²) < 4.78 is 16.7. The van der Waals surface area contributed by atoms with Crippen molar-refractivity contribution in [3.63, 3.8) is 0 Å². The van der Waals surface area contributed by atoms with Gasteiger partial charge in [-0.2, -0.15) is 0 Å². The van der Waals surface area contributed by atoms with Crippen LogP contribution in [0.25, 0.3) is 0 Å². The van der Waals surface area contributed by atoms with E-state index in [0.29, 0.717) is 19.3 Å². The van der Waals surface area contributed by atoms with E-state index in [9.17, 15) is 14.4 Å². The topological polar surface area (TPSA) is 78.9 Å². The SMILES string of the molecule is CC/C=C\C/C=C\C/C=C\C/C=C\CCCCC(=O)OC[C@H](COC(=O)CCC/C=C\C/C=C\C/C=C\CCCCCCCC)OC(=O)CCCCCCCCCCCCC. The Hall–Kier alpha value is -3.41. The predicted octanol–water partition coefficient (Wildman–Crippen LogP) is 16.4. The van der Waals surface area contributed by atoms with Gasteiger partial charge in [-0.15, -0.1) is 0 Å². The van der Waals surface area contributed by atoms with E-state index >= 15 is 0 Å². The van der Waals surface area contributed by atoms with Crippen molar-refractivity contribution in [1.82, 2.24) is 0 Å². The van der Waals surface area contributed by atoms with Gasteiger partial charge in [0.1, 0.15) is 13.2 Å². The number of rotatable bonds is 44. The molecule has 0 aromatic rings. The quantitative estimate of drug-likeness (QED) is 0.0263. The van der Waals surface area contributed by atoms with Gasteiger partial charge in [0.2, 0.25) is 0 Å². The molecule has 6 nitrogen and oxygen atoms in total. The fraction of sp³-hybridized carbons (Fsp3) is 0.691. The minimum Gasteiger partial charge on any atom is -0.462 e. The summed E-state index contributed by atoms with van der Waals surface area (Å²) in [6.45, 7) is 6.42. The summed E-state index contributed by atoms with van der Waals surface area (Å²) in [6.07, 6.45) is 62.9. The van der Waals surface area contributed by atoms with E-state index in [2.05, 4.69) is 106 Å². The van der Waals surface area contributed by atoms with E-state index in [1.54, 1.807) is 0 Å². The maximum Gasteiger partial charge on any atom is 0.306 e. The summed E-state index contributed by atoms with van der Waals surface area (Å²) in [6, 6.07) is 0. The molecule has 0 heterocycles. The third kappa shape index (κ3) is 47.5. The Kier molecular flexibility index (Phi) is 46.5. The molecule has 0 fully saturated rings. The summed E-state index contributed by atoms with van der Waals surface area (Å²) in [5.41, 5.74) is 0. The number of ether oxygens (including phenoxy) is 3. The van der Waals surface area contributed by atoms with Gasteiger partial charge >= 0.3 is 17.9 Å². The van der Waals surface area contributed by atoms with Gasteiger partial charge < -0.3 is 14.2 Å². The van der Waals surface area contributed by atoms with Gasteiger partial charge in [-0.3, -0.25) is 14.4 Å². The fourth-order valence-corrected chi connectivity index (χ4v) is 6.62. The van der Waals surface area contributed by atoms with Crippen LogP contribution in [0, 0.1) is 0 Å². The zero-order valence-corrected chi connectivity index (χ0v) is 39.7. The Bertz CT molecular complexity index is 1200. The van der Waals surface area contributed by atoms with Gasteiger partial charge in [0.15, 0.2) is 6.10 Å². The van der Waals surface area contributed by atoms with Gasteiger partial charge in [0.25, 0.3) is 0 Å². The van der Waals surface area contributed by atoms with E-state index in [1.807, 2.05) is 0 Å². The number of allylic oxidation sites excluding steroid dienone is 14. The Labute approximate surface area is 375 Å². The highest BCUT2D eigenvalue weighted by atomic mass is 16.6. The Balaban J connectivity index is 4.50. The van der Waals surface area contributed by atoms with E-state index in [4.69, 9.17) is 14.2 Å². The highest BCUT2D eigenvalue weighted by Crippen LogP contribution is 2.14. The normalized spacial score (nSPS) is 12.8. The number of carbonyl (C=O) groups excluding carboxylic acids is 3. The molecule has 0 rings (SSSR count). The van der Waals surface area contributed by atoms with Gasteiger partial charge in [0, 0.05) is 19.3 Å². The molecule has 61 heavy (non-hydrogen) atoms. The molecule has 0 aliphatic heterocycles. The molecule has 0 unspecified atom stereocenters. The molecule has 0 bridgehead atoms. The van der Waals surface area contributed by atoms with Crippen molar-refractivity contribution in [2.75, 3.05) is 13.2 Å². The van der Waals surface area contributed by atoms with Gasteiger partial charge in [-0.05, 0) is 89.9 Å². The lowest BCUT2D eigenvalue weighted by Gasteiger charge is -2.18. The highest BCUT2D eigenvalue weighted by Gasteiger charge is 2.19. The molecule has 0 N–H and O–H groups in total. The molecule has 0 radical (unpaired) electrons. The summed E-state index contributed by atoms with van der Waals surface area (Å²) in [7, 11) is 0. The van der Waals surface area contributed by atoms with Crippen LogP contribution >= 0.6 is 0 Å². The minimum absolute atomic E-state index is 0.113. The van der Waals surface area contributed by atoms with Crippen LogP contribution in [0.15, 0.2) is 85.1 Å². The third-order valence-corrected chi connectivity index (χ3v) is 10.4. The summed E-state index contributed by atoms with van der Waals surface area (Å²) in [5, 5.41) is 0. The van der Waals surface area contributed by atoms with Crippen molar-refractivity contribution in [2.45, 2.75) is 232 Å². The van der Waals surface area contributed by atoms with Crippen LogP contribution < -0.4 is 0 Å². The van der Waals surface area contributed by atoms with Crippen LogP contribution in [0.1, 0.15) is 226 Å². The first kappa shape index (κ1) is 57.6. The largest absolute Gasteiger partial charge is 0.462 e. The first-order chi connectivity index (χ1) is 30.0. The monoisotopic (exact) mass is 849 g/mol. The van der Waals surface area contributed by atoms with Gasteiger partial charge in [-0.25, -0.2) is 0 Å². The molecule has 0 aromatic carbocycles. The smallest absolute Gasteiger partial charge is 0.306 e. The fourth-order valence-electron chi connectivity index (χ4n) is 6.62. The summed E-state index contributed by atoms with van der Waals surface area (Å²) >= 11 is 0. The number of hydrogen-bond acceptors (Lipinski definition) is 6. The Morgan fingerprint density at radius 1 is 0.344 bits per heavy atom. The first-order valence-corrected chi connectivity index (χ1v) is 25.1. The summed E-state index contributed by atoms with van der Waals surface area (Å²) in [4.78, 5) is 37.9. The van der Waals surface area contributed by atoms with Crippen LogP contribution in [0.5, 0.6) is 0 Å². The molecule has 0 spiro atoms. The van der Waals surface area contributed by atoms with Crippen molar-refractivity contribution >= 4 is 17.9 Å². The number of hydrogen-bond donors (Lipinski definition) is 0. The average molecular weight is 849 g/mol. The molecule has 6 heteroatoms. The average Bonchev–Trinajstić information content (AvgIpc) is 3.26. The molecule has 0 aliphatic carbocycles. The van der Waals surface area contributed by atoms with Crippen LogP contribution in [0.3, 0.4) is 0 Å². The highest BCUT2D eigenvalue weighted by molar-refractivity contribution is 5.71. The lowest BCUT2D eigenvalue weighted by Crippen LogP contribution is -2.30. The Morgan fingerprint density at radius 2 is 0.656 bits per heavy atom. The maximum atomic E-state index is 12.7. The van der Waals surface area contributed by atoms with Crippen LogP contribution in [0.4, 0.5) is 0 Å². The maximum absolute atomic E-state index is 12.7. The minimum atomic E-state index is -0.811. The van der Waals surface area contributed by atoms with Crippen LogP contribution in [-0.4, -0.2) is 37.2 Å². The Morgan fingerprint density at radius 3 is 1.10 bits per heavy atom. The number of carbonyl (C=O) groups is 3. The third-order valence-electron chi connectivity index (χ3n) is 10.4. The zero-order chi connectivity index (χ0) is 44.4. The molecule has 0 saturated heterocycles. The lowest BCUT2D eigenvalue weighted by atomic mass is 10.1. The van der Waals surface area contributed by atoms with Crippen molar-refractivity contribution in [3.8, 4) is 0 Å². The van der Waals surface area contributed by atoms with E-state index in [0.717, 1.165) is 83.5 Å². The molecule has 0 saturated carbocycles. The zero-order valence-electron chi connectivity index (χ0n) is 39.7. The first-order valence-electron chi connectivity index (χ1n) is 25.1. The van der Waals surface area contributed by atoms with Crippen molar-refractivity contribution in [3.05, 3.63) is 85.1 Å². The standard InChI is InChI=1S/C55H92O6/c1-4-7-10-13-16-19-22-24-26-27-29-31-34-36-39-42-45-48-54(57)60-51-52(61-55(58)49-46-43-40-37-32-21-18-15-12-9-6-3)50-59-53(56)47-44-41-38-35-33-30-28-25-23-20-17-14-11-8-5-2/h8,11,17,20,24-26,28-29,31,33,35-36,39,52H,4-7,9-10,12-16,18-19,21-23,27,30,32,34,37-38,40-51H2,1-3H3/b11-8-,20-17-,26-24-,28-25-,31-29-,35-33-,39-36-/t52-/m1/s1. The van der Waals surface area contributed by atoms with E-state index in [-0.39, 0.29) is 37.5 Å². The molecule has 0 amide bonds. The van der Waals surface area contributed by atoms with E-state index in [1.165, 1.54) is 96.3 Å². The van der Waals surface area contributed by atoms with Gasteiger partial charge in [-0.1, -0.05) is 202 Å². The van der Waals surface area contributed by atoms with E-state index < -0.39 is 6.10 Å². The lowest BCUT2D eigenvalue weighted by molar-refractivity contribution is -0.167. The molecule has 0 aliphatic rings. The molecule has 348 valence electrons. The molecular formula is C55H92O6. The number of unbranched alkanes of at least 4 members (excludes halogenated alkanes) is 19. The van der Waals surface area contributed by atoms with Crippen molar-refractivity contribution in [1.29, 1.82) is 0 Å². The van der Waals surface area contributed by atoms with Crippen LogP contribution in [0.2, 0.25) is 0 Å².